The number of benzene rings is 2. The molecule has 0 saturated carbocycles. The van der Waals surface area contributed by atoms with Gasteiger partial charge in [-0.2, -0.15) is 0 Å². The van der Waals surface area contributed by atoms with Gasteiger partial charge < -0.3 is 23.9 Å². The lowest BCUT2D eigenvalue weighted by molar-refractivity contribution is -0.259. The molecule has 2 aromatic carbocycles. The summed E-state index contributed by atoms with van der Waals surface area (Å²) in [7, 11) is 0. The molecule has 1 unspecified atom stereocenters. The van der Waals surface area contributed by atoms with Crippen LogP contribution in [0.2, 0.25) is 0 Å². The quantitative estimate of drug-likeness (QED) is 0.296. The van der Waals surface area contributed by atoms with E-state index in [2.05, 4.69) is 0 Å². The molecule has 0 bridgehead atoms. The zero-order valence-corrected chi connectivity index (χ0v) is 22.6. The van der Waals surface area contributed by atoms with Crippen molar-refractivity contribution in [3.05, 3.63) is 71.8 Å². The smallest absolute Gasteiger partial charge is 0.341 e. The maximum absolute atomic E-state index is 13.9. The van der Waals surface area contributed by atoms with Crippen molar-refractivity contribution in [3.8, 4) is 5.75 Å². The van der Waals surface area contributed by atoms with E-state index in [9.17, 15) is 19.2 Å². The monoisotopic (exact) mass is 536 g/mol. The Labute approximate surface area is 227 Å². The Bertz CT molecular complexity index is 1280. The van der Waals surface area contributed by atoms with Crippen molar-refractivity contribution in [3.63, 3.8) is 0 Å². The van der Waals surface area contributed by atoms with Crippen molar-refractivity contribution in [1.82, 2.24) is 5.06 Å². The summed E-state index contributed by atoms with van der Waals surface area (Å²) >= 11 is 0. The molecule has 2 heterocycles. The average molecular weight is 537 g/mol. The highest BCUT2D eigenvalue weighted by Gasteiger charge is 2.54. The summed E-state index contributed by atoms with van der Waals surface area (Å²) in [6.07, 6.45) is 1.34. The summed E-state index contributed by atoms with van der Waals surface area (Å²) in [5.41, 5.74) is 1.21. The fourth-order valence-electron chi connectivity index (χ4n) is 4.56. The second-order valence-electron chi connectivity index (χ2n) is 10.3. The summed E-state index contributed by atoms with van der Waals surface area (Å²) in [5.74, 6) is -4.81. The van der Waals surface area contributed by atoms with Crippen LogP contribution in [0, 0.1) is 0 Å². The molecule has 2 aromatic rings. The molecule has 10 heteroatoms. The molecule has 0 fully saturated rings. The second-order valence-corrected chi connectivity index (χ2v) is 10.3. The fraction of sp³-hybridized carbons (Fsp3) is 0.379. The number of carbonyl (C=O) groups is 4. The zero-order chi connectivity index (χ0) is 28.4. The number of hydrogen-bond acceptors (Lipinski definition) is 9. The molecule has 0 radical (unpaired) electrons. The van der Waals surface area contributed by atoms with Gasteiger partial charge in [0.25, 0.3) is 0 Å². The van der Waals surface area contributed by atoms with Gasteiger partial charge >= 0.3 is 29.6 Å². The van der Waals surface area contributed by atoms with Crippen molar-refractivity contribution in [2.75, 3.05) is 4.90 Å². The highest BCUT2D eigenvalue weighted by molar-refractivity contribution is 6.06. The fourth-order valence-corrected chi connectivity index (χ4v) is 4.56. The van der Waals surface area contributed by atoms with Crippen LogP contribution in [0.4, 0.5) is 5.69 Å². The molecule has 206 valence electrons. The van der Waals surface area contributed by atoms with E-state index in [1.807, 2.05) is 58.0 Å². The van der Waals surface area contributed by atoms with E-state index in [1.165, 1.54) is 16.9 Å². The summed E-state index contributed by atoms with van der Waals surface area (Å²) < 4.78 is 17.4. The number of carbonyl (C=O) groups excluding carboxylic acids is 4. The van der Waals surface area contributed by atoms with Gasteiger partial charge in [0, 0.05) is 24.6 Å². The van der Waals surface area contributed by atoms with Crippen LogP contribution in [0.25, 0.3) is 0 Å². The molecule has 0 aliphatic carbocycles. The van der Waals surface area contributed by atoms with Crippen LogP contribution < -0.4 is 9.64 Å². The third-order valence-electron chi connectivity index (χ3n) is 6.21. The first-order valence-corrected chi connectivity index (χ1v) is 12.7. The number of anilines is 1. The first-order chi connectivity index (χ1) is 18.4. The largest absolute Gasteiger partial charge is 0.472 e. The Morgan fingerprint density at radius 2 is 1.67 bits per heavy atom. The topological polar surface area (TPSA) is 112 Å². The minimum Gasteiger partial charge on any atom is -0.472 e. The molecular weight excluding hydrogens is 504 g/mol. The molecule has 1 spiro atoms. The number of ether oxygens (including phenoxy) is 3. The molecule has 0 N–H and O–H groups in total. The first kappa shape index (κ1) is 27.8. The van der Waals surface area contributed by atoms with Crippen molar-refractivity contribution in [2.24, 2.45) is 0 Å². The minimum absolute atomic E-state index is 0.124. The van der Waals surface area contributed by atoms with E-state index in [1.54, 1.807) is 18.2 Å². The summed E-state index contributed by atoms with van der Waals surface area (Å²) in [6.45, 7) is 8.98. The van der Waals surface area contributed by atoms with Gasteiger partial charge in [-0.15, -0.1) is 0 Å². The van der Waals surface area contributed by atoms with Gasteiger partial charge in [0.05, 0.1) is 24.2 Å². The normalized spacial score (nSPS) is 17.3. The second kappa shape index (κ2) is 10.9. The molecular formula is C29H32N2O8. The number of rotatable bonds is 7. The third-order valence-corrected chi connectivity index (χ3v) is 6.21. The van der Waals surface area contributed by atoms with Crippen LogP contribution in [-0.2, 0) is 46.5 Å². The van der Waals surface area contributed by atoms with E-state index in [-0.39, 0.29) is 13.0 Å². The van der Waals surface area contributed by atoms with Crippen LogP contribution >= 0.6 is 0 Å². The predicted octanol–water partition coefficient (Wildman–Crippen LogP) is 3.82. The molecule has 2 aliphatic heterocycles. The molecule has 10 nitrogen and oxygen atoms in total. The van der Waals surface area contributed by atoms with Gasteiger partial charge in [-0.1, -0.05) is 48.4 Å². The lowest BCUT2D eigenvalue weighted by atomic mass is 9.94. The highest BCUT2D eigenvalue weighted by Crippen LogP contribution is 2.42. The van der Waals surface area contributed by atoms with Gasteiger partial charge in [-0.3, -0.25) is 9.59 Å². The Morgan fingerprint density at radius 1 is 1.03 bits per heavy atom. The maximum atomic E-state index is 13.9. The van der Waals surface area contributed by atoms with Crippen molar-refractivity contribution < 1.29 is 38.2 Å². The van der Waals surface area contributed by atoms with Crippen LogP contribution in [0.15, 0.2) is 60.7 Å². The predicted molar refractivity (Wildman–Crippen MR) is 140 cm³/mol. The minimum atomic E-state index is -2.22. The molecule has 1 amide bonds. The van der Waals surface area contributed by atoms with E-state index in [0.717, 1.165) is 17.7 Å². The molecule has 1 atom stereocenters. The molecule has 39 heavy (non-hydrogen) atoms. The number of esters is 2. The van der Waals surface area contributed by atoms with Crippen LogP contribution in [0.1, 0.15) is 52.2 Å². The Morgan fingerprint density at radius 3 is 2.23 bits per heavy atom. The number of fused-ring (bicyclic) bond motifs is 1. The van der Waals surface area contributed by atoms with Crippen molar-refractivity contribution in [1.29, 1.82) is 0 Å². The van der Waals surface area contributed by atoms with E-state index < -0.39 is 41.4 Å². The maximum Gasteiger partial charge on any atom is 0.341 e. The van der Waals surface area contributed by atoms with Gasteiger partial charge in [0.15, 0.2) is 6.23 Å². The van der Waals surface area contributed by atoms with Gasteiger partial charge in [-0.25, -0.2) is 9.59 Å². The lowest BCUT2D eigenvalue weighted by Gasteiger charge is -2.42. The number of amides is 1. The highest BCUT2D eigenvalue weighted by atomic mass is 16.7. The number of hydroxylamine groups is 2. The van der Waals surface area contributed by atoms with E-state index in [0.29, 0.717) is 23.4 Å². The molecule has 4 rings (SSSR count). The third kappa shape index (κ3) is 5.96. The Kier molecular flexibility index (Phi) is 7.78. The number of nitrogens with zero attached hydrogens (tertiary/aromatic N) is 2. The standard InChI is InChI=1S/C29H32N2O8/c1-6-24(31(28(3,4)5)39-19(2)32)36-23-14-10-13-22-21(23)17-29(37-25(33)15-16-26(34)38-29)27(35)30(22)18-20-11-8-7-9-12-20/h7-16,24H,6,17-18H2,1-5H3. The van der Waals surface area contributed by atoms with Gasteiger partial charge in [0.1, 0.15) is 5.75 Å². The van der Waals surface area contributed by atoms with Gasteiger partial charge in [0.2, 0.25) is 0 Å². The Hall–Kier alpha value is -4.18. The molecule has 0 saturated heterocycles. The summed E-state index contributed by atoms with van der Waals surface area (Å²) in [6, 6.07) is 14.5. The van der Waals surface area contributed by atoms with Crippen LogP contribution in [0.5, 0.6) is 5.75 Å². The van der Waals surface area contributed by atoms with Crippen LogP contribution in [0.3, 0.4) is 0 Å². The van der Waals surface area contributed by atoms with Crippen molar-refractivity contribution >= 4 is 29.5 Å². The van der Waals surface area contributed by atoms with E-state index >= 15 is 0 Å². The number of hydrogen-bond donors (Lipinski definition) is 0. The Balaban J connectivity index is 1.81. The lowest BCUT2D eigenvalue weighted by Crippen LogP contribution is -2.58. The van der Waals surface area contributed by atoms with E-state index in [4.69, 9.17) is 19.0 Å². The van der Waals surface area contributed by atoms with Crippen molar-refractivity contribution in [2.45, 2.75) is 71.6 Å². The summed E-state index contributed by atoms with van der Waals surface area (Å²) in [4.78, 5) is 57.6. The molecule has 0 aromatic heterocycles. The average Bonchev–Trinajstić information content (AvgIpc) is 3.02. The zero-order valence-electron chi connectivity index (χ0n) is 22.6. The SMILES string of the molecule is CCC(Oc1cccc2c1CC1(OC(=O)C=CC(=O)O1)C(=O)N2Cc1ccccc1)N(OC(C)=O)C(C)(C)C. The summed E-state index contributed by atoms with van der Waals surface area (Å²) in [5, 5.41) is 1.48. The first-order valence-electron chi connectivity index (χ1n) is 12.7. The molecule has 2 aliphatic rings. The van der Waals surface area contributed by atoms with Gasteiger partial charge in [-0.05, 0) is 44.9 Å². The van der Waals surface area contributed by atoms with Crippen LogP contribution in [-0.4, -0.2) is 46.4 Å².